The Morgan fingerprint density at radius 3 is 2.34 bits per heavy atom. The van der Waals surface area contributed by atoms with Crippen molar-refractivity contribution in [2.24, 2.45) is 4.99 Å². The van der Waals surface area contributed by atoms with Gasteiger partial charge in [0.15, 0.2) is 5.96 Å². The molecule has 0 spiro atoms. The Bertz CT molecular complexity index is 741. The number of nitrogens with zero attached hydrogens (tertiary/aromatic N) is 3. The average Bonchev–Trinajstić information content (AvgIpc) is 2.67. The minimum Gasteiger partial charge on any atom is -0.357 e. The number of guanidine groups is 1. The predicted octanol–water partition coefficient (Wildman–Crippen LogP) is 1.31. The molecule has 1 fully saturated rings. The third kappa shape index (κ3) is 9.60. The van der Waals surface area contributed by atoms with E-state index in [0.717, 1.165) is 50.8 Å². The molecule has 0 radical (unpaired) electrons. The van der Waals surface area contributed by atoms with Gasteiger partial charge < -0.3 is 15.5 Å². The van der Waals surface area contributed by atoms with Crippen LogP contribution in [0.25, 0.3) is 0 Å². The summed E-state index contributed by atoms with van der Waals surface area (Å²) in [5, 5.41) is 6.52. The smallest absolute Gasteiger partial charge is 0.191 e. The zero-order valence-corrected chi connectivity index (χ0v) is 19.1. The van der Waals surface area contributed by atoms with Crippen LogP contribution in [0.1, 0.15) is 31.4 Å². The van der Waals surface area contributed by atoms with Gasteiger partial charge in [-0.2, -0.15) is 0 Å². The van der Waals surface area contributed by atoms with Crippen LogP contribution in [0.3, 0.4) is 0 Å². The highest BCUT2D eigenvalue weighted by Gasteiger charge is 2.13. The maximum absolute atomic E-state index is 11.3. The van der Waals surface area contributed by atoms with Crippen LogP contribution in [-0.4, -0.2) is 82.0 Å². The molecule has 1 aliphatic heterocycles. The Morgan fingerprint density at radius 1 is 1.14 bits per heavy atom. The molecule has 0 bridgehead atoms. The van der Waals surface area contributed by atoms with Crippen molar-refractivity contribution in [3.05, 3.63) is 35.4 Å². The van der Waals surface area contributed by atoms with Crippen molar-refractivity contribution < 1.29 is 8.42 Å². The summed E-state index contributed by atoms with van der Waals surface area (Å²) in [4.78, 5) is 9.52. The average molecular weight is 424 g/mol. The lowest BCUT2D eigenvalue weighted by atomic mass is 10.1. The number of benzene rings is 1. The van der Waals surface area contributed by atoms with E-state index in [1.807, 2.05) is 13.8 Å². The highest BCUT2D eigenvalue weighted by atomic mass is 32.2. The molecular formula is C21H37N5O2S. The van der Waals surface area contributed by atoms with E-state index in [0.29, 0.717) is 13.0 Å². The molecule has 1 atom stereocenters. The van der Waals surface area contributed by atoms with Crippen LogP contribution in [0.2, 0.25) is 0 Å². The standard InChI is InChI=1S/C21H37N5O2S/c1-5-22-21(24-18(2)10-15-29(4,27)28)23-16-19-6-8-20(9-7-19)17-26-13-11-25(3)12-14-26/h6-9,18H,5,10-17H2,1-4H3,(H2,22,23,24). The molecule has 29 heavy (non-hydrogen) atoms. The van der Waals surface area contributed by atoms with Crippen LogP contribution < -0.4 is 10.6 Å². The molecule has 1 aliphatic rings. The van der Waals surface area contributed by atoms with Gasteiger partial charge in [-0.3, -0.25) is 4.90 Å². The monoisotopic (exact) mass is 423 g/mol. The van der Waals surface area contributed by atoms with Gasteiger partial charge in [0.05, 0.1) is 12.3 Å². The normalized spacial score (nSPS) is 17.9. The van der Waals surface area contributed by atoms with E-state index in [4.69, 9.17) is 0 Å². The van der Waals surface area contributed by atoms with Crippen molar-refractivity contribution in [2.45, 2.75) is 39.4 Å². The minimum absolute atomic E-state index is 0.0356. The van der Waals surface area contributed by atoms with E-state index in [9.17, 15) is 8.42 Å². The summed E-state index contributed by atoms with van der Waals surface area (Å²) in [6, 6.07) is 8.71. The molecule has 2 rings (SSSR count). The van der Waals surface area contributed by atoms with Gasteiger partial charge in [0.1, 0.15) is 9.84 Å². The van der Waals surface area contributed by atoms with E-state index in [1.165, 1.54) is 11.8 Å². The van der Waals surface area contributed by atoms with E-state index in [-0.39, 0.29) is 11.8 Å². The van der Waals surface area contributed by atoms with E-state index in [2.05, 4.69) is 56.7 Å². The molecule has 7 nitrogen and oxygen atoms in total. The second-order valence-corrected chi connectivity index (χ2v) is 10.3. The number of likely N-dealkylation sites (N-methyl/N-ethyl adjacent to an activating group) is 1. The molecule has 1 saturated heterocycles. The second kappa shape index (κ2) is 11.5. The molecule has 0 aliphatic carbocycles. The summed E-state index contributed by atoms with van der Waals surface area (Å²) in [6.07, 6.45) is 1.83. The summed E-state index contributed by atoms with van der Waals surface area (Å²) in [5.74, 6) is 0.894. The highest BCUT2D eigenvalue weighted by Crippen LogP contribution is 2.10. The fraction of sp³-hybridized carbons (Fsp3) is 0.667. The highest BCUT2D eigenvalue weighted by molar-refractivity contribution is 7.90. The van der Waals surface area contributed by atoms with Gasteiger partial charge in [0, 0.05) is 51.6 Å². The van der Waals surface area contributed by atoms with Crippen LogP contribution in [0.5, 0.6) is 0 Å². The topological polar surface area (TPSA) is 77.0 Å². The zero-order chi connectivity index (χ0) is 21.3. The quantitative estimate of drug-likeness (QED) is 0.461. The molecule has 8 heteroatoms. The van der Waals surface area contributed by atoms with Crippen LogP contribution in [0.4, 0.5) is 0 Å². The molecular weight excluding hydrogens is 386 g/mol. The summed E-state index contributed by atoms with van der Waals surface area (Å²) >= 11 is 0. The van der Waals surface area contributed by atoms with Crippen molar-refractivity contribution in [1.29, 1.82) is 0 Å². The van der Waals surface area contributed by atoms with E-state index >= 15 is 0 Å². The first kappa shape index (κ1) is 23.6. The van der Waals surface area contributed by atoms with Crippen LogP contribution >= 0.6 is 0 Å². The van der Waals surface area contributed by atoms with Gasteiger partial charge in [-0.15, -0.1) is 0 Å². The van der Waals surface area contributed by atoms with Crippen molar-refractivity contribution >= 4 is 15.8 Å². The fourth-order valence-electron chi connectivity index (χ4n) is 3.20. The molecule has 1 unspecified atom stereocenters. The van der Waals surface area contributed by atoms with Crippen molar-refractivity contribution in [3.8, 4) is 0 Å². The van der Waals surface area contributed by atoms with Gasteiger partial charge in [0.2, 0.25) is 0 Å². The third-order valence-corrected chi connectivity index (χ3v) is 6.07. The molecule has 164 valence electrons. The van der Waals surface area contributed by atoms with Gasteiger partial charge in [-0.05, 0) is 38.4 Å². The van der Waals surface area contributed by atoms with Gasteiger partial charge in [0.25, 0.3) is 0 Å². The largest absolute Gasteiger partial charge is 0.357 e. The van der Waals surface area contributed by atoms with Crippen LogP contribution in [0, 0.1) is 0 Å². The predicted molar refractivity (Wildman–Crippen MR) is 121 cm³/mol. The summed E-state index contributed by atoms with van der Waals surface area (Å²) < 4.78 is 22.7. The van der Waals surface area contributed by atoms with Gasteiger partial charge in [-0.1, -0.05) is 24.3 Å². The van der Waals surface area contributed by atoms with Crippen molar-refractivity contribution in [1.82, 2.24) is 20.4 Å². The number of nitrogens with one attached hydrogen (secondary N) is 2. The van der Waals surface area contributed by atoms with Gasteiger partial charge in [-0.25, -0.2) is 13.4 Å². The molecule has 0 amide bonds. The number of piperazine rings is 1. The second-order valence-electron chi connectivity index (χ2n) is 8.06. The Labute approximate surface area is 176 Å². The van der Waals surface area contributed by atoms with Crippen LogP contribution in [0.15, 0.2) is 29.3 Å². The molecule has 0 aromatic heterocycles. The number of hydrogen-bond donors (Lipinski definition) is 2. The SMILES string of the molecule is CCNC(=NCc1ccc(CN2CCN(C)CC2)cc1)NC(C)CCS(C)(=O)=O. The van der Waals surface area contributed by atoms with E-state index < -0.39 is 9.84 Å². The first-order valence-corrected chi connectivity index (χ1v) is 12.5. The van der Waals surface area contributed by atoms with E-state index in [1.54, 1.807) is 0 Å². The molecule has 2 N–H and O–H groups in total. The first-order chi connectivity index (χ1) is 13.7. The number of rotatable bonds is 9. The van der Waals surface area contributed by atoms with Gasteiger partial charge >= 0.3 is 0 Å². The lowest BCUT2D eigenvalue weighted by molar-refractivity contribution is 0.148. The minimum atomic E-state index is -2.95. The Hall–Kier alpha value is -1.64. The van der Waals surface area contributed by atoms with Crippen LogP contribution in [-0.2, 0) is 22.9 Å². The summed E-state index contributed by atoms with van der Waals surface area (Å²) in [7, 11) is -0.770. The van der Waals surface area contributed by atoms with Crippen molar-refractivity contribution in [2.75, 3.05) is 51.8 Å². The lowest BCUT2D eigenvalue weighted by Crippen LogP contribution is -2.43. The third-order valence-electron chi connectivity index (χ3n) is 5.09. The molecule has 0 saturated carbocycles. The lowest BCUT2D eigenvalue weighted by Gasteiger charge is -2.32. The maximum atomic E-state index is 11.3. The summed E-state index contributed by atoms with van der Waals surface area (Å²) in [5.41, 5.74) is 2.50. The Morgan fingerprint density at radius 2 is 1.76 bits per heavy atom. The first-order valence-electron chi connectivity index (χ1n) is 10.5. The Kier molecular flexibility index (Phi) is 9.39. The Balaban J connectivity index is 1.86. The van der Waals surface area contributed by atoms with Crippen molar-refractivity contribution in [3.63, 3.8) is 0 Å². The molecule has 1 aromatic carbocycles. The summed E-state index contributed by atoms with van der Waals surface area (Å²) in [6.45, 7) is 10.9. The molecule has 1 aromatic rings. The zero-order valence-electron chi connectivity index (χ0n) is 18.3. The number of aliphatic imine (C=N–C) groups is 1. The number of sulfone groups is 1. The fourth-order valence-corrected chi connectivity index (χ4v) is 3.98. The molecule has 1 heterocycles. The maximum Gasteiger partial charge on any atom is 0.191 e. The number of hydrogen-bond acceptors (Lipinski definition) is 5.